The zero-order valence-electron chi connectivity index (χ0n) is 18.0. The number of halogens is 2. The van der Waals surface area contributed by atoms with Crippen LogP contribution in [0.2, 0.25) is 5.02 Å². The van der Waals surface area contributed by atoms with Crippen molar-refractivity contribution >= 4 is 33.3 Å². The molecular weight excluding hydrogens is 345 g/mol. The molecule has 0 aliphatic heterocycles. The fraction of sp³-hybridized carbons (Fsp3) is 0.400. The Kier molecular flexibility index (Phi) is 3.51. The highest BCUT2D eigenvalue weighted by Gasteiger charge is 2.35. The number of hydrogen-bond donors (Lipinski definition) is 1. The first-order chi connectivity index (χ1) is 13.3. The Balaban J connectivity index is 2.65. The van der Waals surface area contributed by atoms with Crippen molar-refractivity contribution in [3.8, 4) is 0 Å². The summed E-state index contributed by atoms with van der Waals surface area (Å²) < 4.78 is 93.2. The Bertz CT molecular complexity index is 972. The number of benzene rings is 1. The summed E-state index contributed by atoms with van der Waals surface area (Å²) in [6.07, 6.45) is -3.05. The van der Waals surface area contributed by atoms with E-state index in [1.54, 1.807) is 0 Å². The Labute approximate surface area is 148 Å². The second-order valence-corrected chi connectivity index (χ2v) is 6.56. The number of carbonyl (C=O) groups is 1. The van der Waals surface area contributed by atoms with Crippen molar-refractivity contribution in [1.29, 1.82) is 0 Å². The minimum atomic E-state index is -4.88. The van der Waals surface area contributed by atoms with Gasteiger partial charge in [0.05, 0.1) is 28.4 Å². The highest BCUT2D eigenvalue weighted by molar-refractivity contribution is 7.93. The molecule has 23 heavy (non-hydrogen) atoms. The average Bonchev–Trinajstić information content (AvgIpc) is 2.63. The highest BCUT2D eigenvalue weighted by atomic mass is 35.5. The van der Waals surface area contributed by atoms with Gasteiger partial charge in [0.2, 0.25) is 10.0 Å². The first-order valence-electron chi connectivity index (χ1n) is 9.59. The molecule has 126 valence electrons. The summed E-state index contributed by atoms with van der Waals surface area (Å²) in [5.41, 5.74) is -1.49. The maximum Gasteiger partial charge on any atom is 0.335 e. The molecule has 0 saturated heterocycles. The summed E-state index contributed by atoms with van der Waals surface area (Å²) in [6.45, 7) is 1.32. The van der Waals surface area contributed by atoms with Crippen molar-refractivity contribution in [2.45, 2.75) is 31.4 Å². The number of anilines is 1. The summed E-state index contributed by atoms with van der Waals surface area (Å²) >= 11 is 5.78. The van der Waals surface area contributed by atoms with Gasteiger partial charge in [0.1, 0.15) is 11.1 Å². The monoisotopic (exact) mass is 367 g/mol. The normalized spacial score (nSPS) is 24.6. The van der Waals surface area contributed by atoms with Crippen LogP contribution in [0.5, 0.6) is 0 Å². The van der Waals surface area contributed by atoms with Crippen molar-refractivity contribution in [3.63, 3.8) is 0 Å². The van der Waals surface area contributed by atoms with Gasteiger partial charge in [0, 0.05) is 2.74 Å². The van der Waals surface area contributed by atoms with Crippen LogP contribution in [-0.4, -0.2) is 26.2 Å². The molecule has 2 rings (SSSR count). The number of carbonyl (C=O) groups excluding carboxylic acids is 1. The predicted molar refractivity (Wildman–Crippen MR) is 86.3 cm³/mol. The molecule has 0 spiro atoms. The van der Waals surface area contributed by atoms with Gasteiger partial charge < -0.3 is 4.74 Å². The molecule has 1 aliphatic carbocycles. The Hall–Kier alpha value is -1.60. The molecule has 1 aromatic carbocycles. The molecule has 1 atom stereocenters. The molecule has 1 aromatic rings. The SMILES string of the molecule is [2H]C1=C(C(=O)OCC)[C@H](S(=O)(=O)Nc2c([2H])c([2H])c(F)c([2H])c2Cl)C([2H])([2H])CC1. The number of esters is 1. The minimum Gasteiger partial charge on any atom is -0.463 e. The zero-order valence-corrected chi connectivity index (χ0v) is 13.6. The molecule has 5 nitrogen and oxygen atoms in total. The van der Waals surface area contributed by atoms with Crippen molar-refractivity contribution in [3.05, 3.63) is 40.6 Å². The van der Waals surface area contributed by atoms with Gasteiger partial charge in [-0.3, -0.25) is 4.72 Å². The lowest BCUT2D eigenvalue weighted by atomic mass is 9.99. The van der Waals surface area contributed by atoms with E-state index in [0.717, 1.165) is 0 Å². The van der Waals surface area contributed by atoms with E-state index in [2.05, 4.69) is 0 Å². The molecule has 1 aliphatic rings. The van der Waals surface area contributed by atoms with Crippen molar-refractivity contribution < 1.29 is 30.6 Å². The van der Waals surface area contributed by atoms with Gasteiger partial charge in [-0.15, -0.1) is 0 Å². The van der Waals surface area contributed by atoms with E-state index in [0.29, 0.717) is 0 Å². The van der Waals surface area contributed by atoms with Crippen LogP contribution in [0, 0.1) is 5.82 Å². The second-order valence-electron chi connectivity index (χ2n) is 4.42. The third-order valence-corrected chi connectivity index (χ3v) is 4.61. The number of hydrogen-bond acceptors (Lipinski definition) is 4. The lowest BCUT2D eigenvalue weighted by Gasteiger charge is -2.24. The van der Waals surface area contributed by atoms with Crippen LogP contribution in [0.15, 0.2) is 29.8 Å². The summed E-state index contributed by atoms with van der Waals surface area (Å²) in [5, 5.41) is -2.98. The number of nitrogens with one attached hydrogen (secondary N) is 1. The third kappa shape index (κ3) is 4.23. The Morgan fingerprint density at radius 3 is 3.04 bits per heavy atom. The van der Waals surface area contributed by atoms with Crippen LogP contribution in [0.25, 0.3) is 0 Å². The molecule has 0 bridgehead atoms. The summed E-state index contributed by atoms with van der Waals surface area (Å²) in [5.74, 6) is -2.59. The predicted octanol–water partition coefficient (Wildman–Crippen LogP) is 3.26. The molecule has 0 saturated carbocycles. The molecule has 1 N–H and O–H groups in total. The zero-order chi connectivity index (χ0) is 22.3. The molecule has 0 unspecified atom stereocenters. The van der Waals surface area contributed by atoms with Gasteiger partial charge in [0.15, 0.2) is 0 Å². The molecular formula is C15H17ClFNO4S. The van der Waals surface area contributed by atoms with Crippen molar-refractivity contribution in [2.24, 2.45) is 0 Å². The molecule has 0 fully saturated rings. The smallest absolute Gasteiger partial charge is 0.335 e. The maximum absolute atomic E-state index is 13.7. The molecule has 0 radical (unpaired) electrons. The van der Waals surface area contributed by atoms with E-state index in [1.807, 2.05) is 4.72 Å². The lowest BCUT2D eigenvalue weighted by molar-refractivity contribution is -0.138. The lowest BCUT2D eigenvalue weighted by Crippen LogP contribution is -2.34. The van der Waals surface area contributed by atoms with Gasteiger partial charge in [-0.25, -0.2) is 17.6 Å². The van der Waals surface area contributed by atoms with Gasteiger partial charge in [-0.1, -0.05) is 17.7 Å². The third-order valence-electron chi connectivity index (χ3n) is 2.82. The van der Waals surface area contributed by atoms with Crippen LogP contribution >= 0.6 is 11.6 Å². The number of ether oxygens (including phenoxy) is 1. The Morgan fingerprint density at radius 2 is 2.35 bits per heavy atom. The first-order valence-corrected chi connectivity index (χ1v) is 8.51. The van der Waals surface area contributed by atoms with E-state index in [1.165, 1.54) is 6.92 Å². The summed E-state index contributed by atoms with van der Waals surface area (Å²) in [4.78, 5) is 12.3. The number of rotatable bonds is 5. The maximum atomic E-state index is 13.7. The number of sulfonamides is 1. The van der Waals surface area contributed by atoms with Crippen LogP contribution in [0.1, 0.15) is 34.4 Å². The standard InChI is InChI=1S/C15H17ClFNO4S/c1-2-22-15(19)11-5-3-4-6-14(11)23(20,21)18-13-8-7-10(17)9-12(13)16/h5,7-9,14,18H,2-4,6H2,1H3/t14-/m1/s1/i5D,6D2,7D,8D,9D. The molecule has 8 heteroatoms. The molecule has 0 heterocycles. The minimum absolute atomic E-state index is 0.135. The largest absolute Gasteiger partial charge is 0.463 e. The first kappa shape index (κ1) is 11.0. The second kappa shape index (κ2) is 7.31. The molecule has 0 amide bonds. The Morgan fingerprint density at radius 1 is 1.61 bits per heavy atom. The summed E-state index contributed by atoms with van der Waals surface area (Å²) in [6, 6.07) is -3.46. The van der Waals surface area contributed by atoms with Gasteiger partial charge in [-0.2, -0.15) is 0 Å². The fourth-order valence-electron chi connectivity index (χ4n) is 1.88. The van der Waals surface area contributed by atoms with Gasteiger partial charge in [-0.05, 0) is 44.3 Å². The van der Waals surface area contributed by atoms with Crippen LogP contribution in [0.4, 0.5) is 10.1 Å². The van der Waals surface area contributed by atoms with E-state index in [9.17, 15) is 17.6 Å². The molecule has 0 aromatic heterocycles. The average molecular weight is 368 g/mol. The van der Waals surface area contributed by atoms with E-state index in [-0.39, 0.29) is 19.4 Å². The van der Waals surface area contributed by atoms with Gasteiger partial charge in [0.25, 0.3) is 0 Å². The summed E-state index contributed by atoms with van der Waals surface area (Å²) in [7, 11) is -4.88. The van der Waals surface area contributed by atoms with Crippen molar-refractivity contribution in [1.82, 2.24) is 0 Å². The van der Waals surface area contributed by atoms with E-state index < -0.39 is 73.9 Å². The highest BCUT2D eigenvalue weighted by Crippen LogP contribution is 2.30. The van der Waals surface area contributed by atoms with Crippen LogP contribution < -0.4 is 4.72 Å². The number of allylic oxidation sites excluding steroid dienone is 1. The van der Waals surface area contributed by atoms with Crippen LogP contribution in [0.3, 0.4) is 0 Å². The fourth-order valence-corrected chi connectivity index (χ4v) is 3.50. The van der Waals surface area contributed by atoms with E-state index >= 15 is 0 Å². The van der Waals surface area contributed by atoms with Crippen LogP contribution in [-0.2, 0) is 19.6 Å². The van der Waals surface area contributed by atoms with E-state index in [4.69, 9.17) is 24.6 Å². The van der Waals surface area contributed by atoms with Crippen molar-refractivity contribution in [2.75, 3.05) is 11.3 Å². The topological polar surface area (TPSA) is 72.5 Å². The quantitative estimate of drug-likeness (QED) is 0.811. The van der Waals surface area contributed by atoms with Gasteiger partial charge >= 0.3 is 5.97 Å².